The van der Waals surface area contributed by atoms with Gasteiger partial charge < -0.3 is 10.5 Å². The van der Waals surface area contributed by atoms with E-state index < -0.39 is 4.92 Å². The van der Waals surface area contributed by atoms with Gasteiger partial charge in [0, 0.05) is 11.6 Å². The lowest BCUT2D eigenvalue weighted by Gasteiger charge is -2.08. The van der Waals surface area contributed by atoms with Gasteiger partial charge in [-0.25, -0.2) is 4.98 Å². The second-order valence-electron chi connectivity index (χ2n) is 3.69. The fourth-order valence-electron chi connectivity index (χ4n) is 1.45. The summed E-state index contributed by atoms with van der Waals surface area (Å²) in [5.41, 5.74) is 6.26. The maximum Gasteiger partial charge on any atom is 0.272 e. The molecule has 1 heterocycles. The van der Waals surface area contributed by atoms with Crippen LogP contribution in [0.2, 0.25) is 5.15 Å². The van der Waals surface area contributed by atoms with E-state index in [2.05, 4.69) is 9.97 Å². The first kappa shape index (κ1) is 13.0. The monoisotopic (exact) mass is 280 g/mol. The van der Waals surface area contributed by atoms with Crippen molar-refractivity contribution in [2.75, 3.05) is 5.73 Å². The van der Waals surface area contributed by atoms with Gasteiger partial charge in [-0.15, -0.1) is 0 Å². The van der Waals surface area contributed by atoms with Crippen molar-refractivity contribution in [3.05, 3.63) is 45.4 Å². The Bertz CT molecular complexity index is 648. The van der Waals surface area contributed by atoms with Crippen LogP contribution >= 0.6 is 11.6 Å². The summed E-state index contributed by atoms with van der Waals surface area (Å²) in [5.74, 6) is 0.484. The van der Waals surface area contributed by atoms with Crippen LogP contribution in [0.4, 0.5) is 11.4 Å². The third kappa shape index (κ3) is 2.71. The van der Waals surface area contributed by atoms with Gasteiger partial charge in [-0.2, -0.15) is 4.98 Å². The maximum absolute atomic E-state index is 10.7. The Balaban J connectivity index is 2.32. The normalized spacial score (nSPS) is 10.2. The zero-order valence-corrected chi connectivity index (χ0v) is 10.6. The predicted molar refractivity (Wildman–Crippen MR) is 69.4 cm³/mol. The molecule has 7 nitrogen and oxygen atoms in total. The van der Waals surface area contributed by atoms with Crippen LogP contribution in [-0.4, -0.2) is 14.9 Å². The van der Waals surface area contributed by atoms with E-state index in [0.29, 0.717) is 11.3 Å². The summed E-state index contributed by atoms with van der Waals surface area (Å²) in [4.78, 5) is 17.8. The molecule has 0 aliphatic carbocycles. The molecule has 98 valence electrons. The van der Waals surface area contributed by atoms with Gasteiger partial charge in [-0.3, -0.25) is 10.1 Å². The fourth-order valence-corrected chi connectivity index (χ4v) is 1.57. The van der Waals surface area contributed by atoms with E-state index in [1.54, 1.807) is 6.92 Å². The molecule has 0 spiro atoms. The van der Waals surface area contributed by atoms with Crippen LogP contribution in [-0.2, 0) is 0 Å². The first-order valence-corrected chi connectivity index (χ1v) is 5.55. The Morgan fingerprint density at radius 3 is 2.79 bits per heavy atom. The van der Waals surface area contributed by atoms with E-state index in [1.807, 2.05) is 0 Å². The minimum absolute atomic E-state index is 0.0149. The molecule has 8 heteroatoms. The van der Waals surface area contributed by atoms with E-state index in [-0.39, 0.29) is 22.4 Å². The summed E-state index contributed by atoms with van der Waals surface area (Å²) in [5, 5.41) is 10.8. The third-order valence-corrected chi connectivity index (χ3v) is 2.68. The number of rotatable bonds is 3. The molecule has 0 aliphatic rings. The molecule has 2 rings (SSSR count). The van der Waals surface area contributed by atoms with Crippen LogP contribution in [0.1, 0.15) is 5.56 Å². The van der Waals surface area contributed by atoms with Gasteiger partial charge in [-0.05, 0) is 19.1 Å². The predicted octanol–water partition coefficient (Wildman–Crippen LogP) is 2.72. The number of nitrogens with zero attached hydrogens (tertiary/aromatic N) is 3. The first-order valence-electron chi connectivity index (χ1n) is 5.18. The highest BCUT2D eigenvalue weighted by Gasteiger charge is 2.13. The average Bonchev–Trinajstić information content (AvgIpc) is 2.34. The zero-order valence-electron chi connectivity index (χ0n) is 9.83. The molecule has 0 aliphatic heterocycles. The van der Waals surface area contributed by atoms with Gasteiger partial charge in [0.1, 0.15) is 17.8 Å². The summed E-state index contributed by atoms with van der Waals surface area (Å²) in [6.45, 7) is 1.61. The number of halogens is 1. The van der Waals surface area contributed by atoms with Gasteiger partial charge in [0.05, 0.1) is 4.92 Å². The molecule has 1 aromatic heterocycles. The molecule has 1 aromatic carbocycles. The molecule has 2 N–H and O–H groups in total. The molecule has 0 fully saturated rings. The van der Waals surface area contributed by atoms with Crippen LogP contribution in [0.3, 0.4) is 0 Å². The number of hydrogen-bond donors (Lipinski definition) is 1. The molecule has 0 amide bonds. The van der Waals surface area contributed by atoms with E-state index in [1.165, 1.54) is 24.5 Å². The Morgan fingerprint density at radius 1 is 1.42 bits per heavy atom. The van der Waals surface area contributed by atoms with Crippen molar-refractivity contribution in [2.24, 2.45) is 0 Å². The number of nitrogens with two attached hydrogens (primary N) is 1. The summed E-state index contributed by atoms with van der Waals surface area (Å²) in [6.07, 6.45) is 1.21. The number of aromatic nitrogens is 2. The van der Waals surface area contributed by atoms with Crippen molar-refractivity contribution in [3.8, 4) is 11.6 Å². The molecule has 0 saturated carbocycles. The highest BCUT2D eigenvalue weighted by Crippen LogP contribution is 2.31. The van der Waals surface area contributed by atoms with Crippen molar-refractivity contribution in [3.63, 3.8) is 0 Å². The van der Waals surface area contributed by atoms with Gasteiger partial charge >= 0.3 is 0 Å². The zero-order chi connectivity index (χ0) is 14.0. The molecule has 0 atom stereocenters. The lowest BCUT2D eigenvalue weighted by atomic mass is 10.2. The number of benzene rings is 1. The molecule has 0 radical (unpaired) electrons. The lowest BCUT2D eigenvalue weighted by Crippen LogP contribution is -1.98. The summed E-state index contributed by atoms with van der Waals surface area (Å²) >= 11 is 5.73. The lowest BCUT2D eigenvalue weighted by molar-refractivity contribution is -0.385. The topological polar surface area (TPSA) is 104 Å². The van der Waals surface area contributed by atoms with Crippen molar-refractivity contribution < 1.29 is 9.66 Å². The Morgan fingerprint density at radius 2 is 2.16 bits per heavy atom. The highest BCUT2D eigenvalue weighted by atomic mass is 35.5. The largest absolute Gasteiger partial charge is 0.437 e. The van der Waals surface area contributed by atoms with Gasteiger partial charge in [-0.1, -0.05) is 11.6 Å². The second-order valence-corrected chi connectivity index (χ2v) is 4.05. The smallest absolute Gasteiger partial charge is 0.272 e. The van der Waals surface area contributed by atoms with Crippen LogP contribution in [0.25, 0.3) is 0 Å². The first-order chi connectivity index (χ1) is 8.99. The van der Waals surface area contributed by atoms with E-state index in [4.69, 9.17) is 22.1 Å². The fraction of sp³-hybridized carbons (Fsp3) is 0.0909. The number of hydrogen-bond acceptors (Lipinski definition) is 6. The van der Waals surface area contributed by atoms with Gasteiger partial charge in [0.2, 0.25) is 5.88 Å². The average molecular weight is 281 g/mol. The Labute approximate surface area is 113 Å². The number of nitro groups is 1. The minimum atomic E-state index is -0.463. The Hall–Kier alpha value is -2.41. The maximum atomic E-state index is 10.7. The number of nitrogen functional groups attached to an aromatic ring is 1. The molecule has 19 heavy (non-hydrogen) atoms. The van der Waals surface area contributed by atoms with E-state index in [0.717, 1.165) is 0 Å². The third-order valence-electron chi connectivity index (χ3n) is 2.38. The Kier molecular flexibility index (Phi) is 3.48. The number of nitro benzene ring substituents is 1. The number of aryl methyl sites for hydroxylation is 1. The van der Waals surface area contributed by atoms with Gasteiger partial charge in [0.25, 0.3) is 5.69 Å². The summed E-state index contributed by atoms with van der Waals surface area (Å²) < 4.78 is 5.42. The van der Waals surface area contributed by atoms with E-state index in [9.17, 15) is 10.1 Å². The molecular formula is C11H9ClN4O3. The number of anilines is 1. The quantitative estimate of drug-likeness (QED) is 0.526. The SMILES string of the molecule is Cc1cc(Oc2ncnc(Cl)c2N)ccc1[N+](=O)[O-]. The van der Waals surface area contributed by atoms with Crippen LogP contribution in [0, 0.1) is 17.0 Å². The van der Waals surface area contributed by atoms with Crippen molar-refractivity contribution >= 4 is 23.0 Å². The molecule has 0 bridgehead atoms. The molecular weight excluding hydrogens is 272 g/mol. The molecule has 0 unspecified atom stereocenters. The standard InChI is InChI=1S/C11H9ClN4O3/c1-6-4-7(2-3-8(6)16(17)18)19-11-9(13)10(12)14-5-15-11/h2-5H,13H2,1H3. The number of ether oxygens (including phenoxy) is 1. The van der Waals surface area contributed by atoms with Crippen LogP contribution in [0.15, 0.2) is 24.5 Å². The van der Waals surface area contributed by atoms with Crippen LogP contribution in [0.5, 0.6) is 11.6 Å². The van der Waals surface area contributed by atoms with Crippen molar-refractivity contribution in [1.82, 2.24) is 9.97 Å². The minimum Gasteiger partial charge on any atom is -0.437 e. The van der Waals surface area contributed by atoms with E-state index >= 15 is 0 Å². The summed E-state index contributed by atoms with van der Waals surface area (Å²) in [6, 6.07) is 4.33. The van der Waals surface area contributed by atoms with Crippen molar-refractivity contribution in [1.29, 1.82) is 0 Å². The van der Waals surface area contributed by atoms with Crippen LogP contribution < -0.4 is 10.5 Å². The second kappa shape index (κ2) is 5.07. The van der Waals surface area contributed by atoms with Gasteiger partial charge in [0.15, 0.2) is 5.15 Å². The highest BCUT2D eigenvalue weighted by molar-refractivity contribution is 6.32. The molecule has 0 saturated heterocycles. The summed E-state index contributed by atoms with van der Waals surface area (Å²) in [7, 11) is 0. The van der Waals surface area contributed by atoms with Crippen molar-refractivity contribution in [2.45, 2.75) is 6.92 Å². The molecule has 2 aromatic rings.